The summed E-state index contributed by atoms with van der Waals surface area (Å²) in [6.45, 7) is 5.89. The first-order valence-corrected chi connectivity index (χ1v) is 10.9. The zero-order chi connectivity index (χ0) is 21.0. The number of halogens is 1. The summed E-state index contributed by atoms with van der Waals surface area (Å²) < 4.78 is 14.4. The fraction of sp³-hybridized carbons (Fsp3) is 0.364. The molecule has 2 aromatic carbocycles. The normalized spacial score (nSPS) is 15.8. The smallest absolute Gasteiger partial charge is 0.241 e. The molecule has 7 heteroatoms. The van der Waals surface area contributed by atoms with Gasteiger partial charge in [-0.25, -0.2) is 4.39 Å². The van der Waals surface area contributed by atoms with Gasteiger partial charge in [0, 0.05) is 36.6 Å². The van der Waals surface area contributed by atoms with Crippen molar-refractivity contribution in [2.24, 2.45) is 0 Å². The molecule has 1 fully saturated rings. The van der Waals surface area contributed by atoms with Crippen molar-refractivity contribution in [3.63, 3.8) is 0 Å². The van der Waals surface area contributed by atoms with Gasteiger partial charge in [-0.05, 0) is 50.4 Å². The number of piperazine rings is 1. The van der Waals surface area contributed by atoms with E-state index < -0.39 is 0 Å². The highest BCUT2D eigenvalue weighted by Gasteiger charge is 2.27. The second-order valence-electron chi connectivity index (χ2n) is 7.11. The maximum absolute atomic E-state index is 14.4. The zero-order valence-corrected chi connectivity index (χ0v) is 17.8. The molecule has 2 aromatic rings. The molecule has 3 rings (SSSR count). The van der Waals surface area contributed by atoms with Crippen LogP contribution in [0.3, 0.4) is 0 Å². The molecule has 1 N–H and O–H groups in total. The van der Waals surface area contributed by atoms with E-state index in [4.69, 9.17) is 0 Å². The number of nitrogens with zero attached hydrogens (tertiary/aromatic N) is 2. The van der Waals surface area contributed by atoms with Gasteiger partial charge in [0.2, 0.25) is 5.91 Å². The van der Waals surface area contributed by atoms with Crippen molar-refractivity contribution < 1.29 is 14.0 Å². The molecule has 0 radical (unpaired) electrons. The molecule has 5 nitrogen and oxygen atoms in total. The van der Waals surface area contributed by atoms with Crippen LogP contribution >= 0.6 is 11.8 Å². The van der Waals surface area contributed by atoms with Gasteiger partial charge in [-0.2, -0.15) is 0 Å². The fourth-order valence-electron chi connectivity index (χ4n) is 3.48. The highest BCUT2D eigenvalue weighted by molar-refractivity contribution is 7.98. The monoisotopic (exact) mass is 415 g/mol. The van der Waals surface area contributed by atoms with Crippen LogP contribution in [0.15, 0.2) is 47.4 Å². The molecule has 1 saturated heterocycles. The summed E-state index contributed by atoms with van der Waals surface area (Å²) in [6.07, 6.45) is 1.98. The Labute approximate surface area is 175 Å². The van der Waals surface area contributed by atoms with Crippen LogP contribution in [0, 0.1) is 5.82 Å². The van der Waals surface area contributed by atoms with E-state index in [0.29, 0.717) is 37.4 Å². The summed E-state index contributed by atoms with van der Waals surface area (Å²) in [5.74, 6) is -0.578. The lowest BCUT2D eigenvalue weighted by molar-refractivity contribution is -0.120. The molecule has 0 saturated carbocycles. The van der Waals surface area contributed by atoms with Gasteiger partial charge in [0.05, 0.1) is 17.4 Å². The largest absolute Gasteiger partial charge is 0.367 e. The lowest BCUT2D eigenvalue weighted by atomic mass is 10.1. The van der Waals surface area contributed by atoms with E-state index in [1.54, 1.807) is 23.9 Å². The van der Waals surface area contributed by atoms with Crippen molar-refractivity contribution in [1.82, 2.24) is 4.90 Å². The standard InChI is InChI=1S/C22H26FN3O2S/c1-15(22(28)24-19-6-4-5-7-21(19)29-3)25-10-12-26(13-11-25)20-9-8-17(16(2)27)14-18(20)23/h4-9,14-15H,10-13H2,1-3H3,(H,24,28). The van der Waals surface area contributed by atoms with Crippen LogP contribution < -0.4 is 10.2 Å². The molecule has 0 aliphatic carbocycles. The molecule has 1 heterocycles. The van der Waals surface area contributed by atoms with Crippen molar-refractivity contribution in [2.45, 2.75) is 24.8 Å². The predicted octanol–water partition coefficient (Wildman–Crippen LogP) is 3.90. The van der Waals surface area contributed by atoms with Crippen molar-refractivity contribution >= 4 is 34.8 Å². The third-order valence-corrected chi connectivity index (χ3v) is 6.10. The maximum atomic E-state index is 14.4. The number of para-hydroxylation sites is 1. The Bertz CT molecular complexity index is 897. The first kappa shape index (κ1) is 21.3. The van der Waals surface area contributed by atoms with Crippen molar-refractivity contribution in [1.29, 1.82) is 0 Å². The highest BCUT2D eigenvalue weighted by atomic mass is 32.2. The molecule has 29 heavy (non-hydrogen) atoms. The van der Waals surface area contributed by atoms with Gasteiger partial charge in [-0.15, -0.1) is 11.8 Å². The first-order chi connectivity index (χ1) is 13.9. The van der Waals surface area contributed by atoms with Crippen LogP contribution in [0.1, 0.15) is 24.2 Å². The molecular formula is C22H26FN3O2S. The summed E-state index contributed by atoms with van der Waals surface area (Å²) in [5, 5.41) is 3.02. The molecule has 0 aromatic heterocycles. The number of hydrogen-bond donors (Lipinski definition) is 1. The number of carbonyl (C=O) groups is 2. The molecule has 1 atom stereocenters. The van der Waals surface area contributed by atoms with Crippen molar-refractivity contribution in [3.05, 3.63) is 53.8 Å². The topological polar surface area (TPSA) is 52.7 Å². The number of carbonyl (C=O) groups excluding carboxylic acids is 2. The molecular weight excluding hydrogens is 389 g/mol. The molecule has 1 unspecified atom stereocenters. The number of anilines is 2. The minimum atomic E-state index is -0.384. The second-order valence-corrected chi connectivity index (χ2v) is 7.96. The molecule has 1 aliphatic rings. The Morgan fingerprint density at radius 1 is 1.10 bits per heavy atom. The number of hydrogen-bond acceptors (Lipinski definition) is 5. The van der Waals surface area contributed by atoms with Gasteiger partial charge in [0.25, 0.3) is 0 Å². The number of ketones is 1. The summed E-state index contributed by atoms with van der Waals surface area (Å²) in [6, 6.07) is 12.1. The molecule has 0 bridgehead atoms. The van der Waals surface area contributed by atoms with Crippen LogP contribution in [0.5, 0.6) is 0 Å². The minimum Gasteiger partial charge on any atom is -0.367 e. The predicted molar refractivity (Wildman–Crippen MR) is 117 cm³/mol. The first-order valence-electron chi connectivity index (χ1n) is 9.64. The number of benzene rings is 2. The SMILES string of the molecule is CSc1ccccc1NC(=O)C(C)N1CCN(c2ccc(C(C)=O)cc2F)CC1. The quantitative estimate of drug-likeness (QED) is 0.573. The van der Waals surface area contributed by atoms with Gasteiger partial charge in [0.1, 0.15) is 5.82 Å². The zero-order valence-electron chi connectivity index (χ0n) is 16.9. The van der Waals surface area contributed by atoms with Gasteiger partial charge >= 0.3 is 0 Å². The average Bonchev–Trinajstić information content (AvgIpc) is 2.73. The van der Waals surface area contributed by atoms with E-state index in [0.717, 1.165) is 10.6 Å². The van der Waals surface area contributed by atoms with Crippen LogP contribution in [0.25, 0.3) is 0 Å². The number of amides is 1. The molecule has 0 spiro atoms. The summed E-state index contributed by atoms with van der Waals surface area (Å²) >= 11 is 1.60. The van der Waals surface area contributed by atoms with E-state index in [-0.39, 0.29) is 23.5 Å². The molecule has 1 amide bonds. The molecule has 154 valence electrons. The number of Topliss-reactive ketones (excluding diaryl/α,β-unsaturated/α-hetero) is 1. The average molecular weight is 416 g/mol. The second kappa shape index (κ2) is 9.41. The Kier molecular flexibility index (Phi) is 6.92. The lowest BCUT2D eigenvalue weighted by Crippen LogP contribution is -2.53. The van der Waals surface area contributed by atoms with E-state index >= 15 is 0 Å². The van der Waals surface area contributed by atoms with E-state index in [1.807, 2.05) is 42.3 Å². The van der Waals surface area contributed by atoms with E-state index in [9.17, 15) is 14.0 Å². The van der Waals surface area contributed by atoms with Gasteiger partial charge in [-0.1, -0.05) is 12.1 Å². The Hall–Kier alpha value is -2.38. The third kappa shape index (κ3) is 4.97. The van der Waals surface area contributed by atoms with Crippen LogP contribution in [0.4, 0.5) is 15.8 Å². The van der Waals surface area contributed by atoms with Crippen LogP contribution in [-0.4, -0.2) is 55.1 Å². The van der Waals surface area contributed by atoms with E-state index in [2.05, 4.69) is 10.2 Å². The van der Waals surface area contributed by atoms with Gasteiger partial charge in [0.15, 0.2) is 5.78 Å². The Morgan fingerprint density at radius 3 is 2.41 bits per heavy atom. The Morgan fingerprint density at radius 2 is 1.79 bits per heavy atom. The third-order valence-electron chi connectivity index (χ3n) is 5.30. The summed E-state index contributed by atoms with van der Waals surface area (Å²) in [4.78, 5) is 29.2. The van der Waals surface area contributed by atoms with E-state index in [1.165, 1.54) is 13.0 Å². The van der Waals surface area contributed by atoms with Crippen molar-refractivity contribution in [2.75, 3.05) is 42.7 Å². The number of rotatable bonds is 6. The maximum Gasteiger partial charge on any atom is 0.241 e. The highest BCUT2D eigenvalue weighted by Crippen LogP contribution is 2.26. The summed E-state index contributed by atoms with van der Waals surface area (Å²) in [5.41, 5.74) is 1.70. The van der Waals surface area contributed by atoms with Gasteiger partial charge < -0.3 is 10.2 Å². The number of nitrogens with one attached hydrogen (secondary N) is 1. The van der Waals surface area contributed by atoms with Gasteiger partial charge in [-0.3, -0.25) is 14.5 Å². The minimum absolute atomic E-state index is 0.0445. The number of thioether (sulfide) groups is 1. The lowest BCUT2D eigenvalue weighted by Gasteiger charge is -2.38. The summed E-state index contributed by atoms with van der Waals surface area (Å²) in [7, 11) is 0. The van der Waals surface area contributed by atoms with Crippen LogP contribution in [-0.2, 0) is 4.79 Å². The Balaban J connectivity index is 1.60. The molecule has 1 aliphatic heterocycles. The van der Waals surface area contributed by atoms with Crippen molar-refractivity contribution in [3.8, 4) is 0 Å². The van der Waals surface area contributed by atoms with Crippen LogP contribution in [0.2, 0.25) is 0 Å². The fourth-order valence-corrected chi connectivity index (χ4v) is 4.04.